The van der Waals surface area contributed by atoms with E-state index >= 15 is 0 Å². The first-order chi connectivity index (χ1) is 25.0. The normalized spacial score (nSPS) is 10.8. The first-order valence-electron chi connectivity index (χ1n) is 15.3. The van der Waals surface area contributed by atoms with Crippen LogP contribution in [0.2, 0.25) is 0 Å². The molecule has 0 saturated carbocycles. The van der Waals surface area contributed by atoms with E-state index in [0.29, 0.717) is 22.0 Å². The number of hydrogen-bond donors (Lipinski definition) is 6. The molecule has 4 aromatic carbocycles. The van der Waals surface area contributed by atoms with E-state index in [4.69, 9.17) is 0 Å². The van der Waals surface area contributed by atoms with E-state index in [9.17, 15) is 23.4 Å². The summed E-state index contributed by atoms with van der Waals surface area (Å²) in [7, 11) is -2.20. The van der Waals surface area contributed by atoms with Crippen molar-refractivity contribution in [3.63, 3.8) is 0 Å². The van der Waals surface area contributed by atoms with Gasteiger partial charge < -0.3 is 25.8 Å². The third-order valence-electron chi connectivity index (χ3n) is 6.96. The average Bonchev–Trinajstić information content (AvgIpc) is 3.12. The maximum atomic E-state index is 12.3. The smallest absolute Gasteiger partial charge is 0.744 e. The van der Waals surface area contributed by atoms with Crippen molar-refractivity contribution >= 4 is 80.7 Å². The van der Waals surface area contributed by atoms with E-state index in [1.54, 1.807) is 42.5 Å². The number of benzene rings is 4. The zero-order valence-corrected chi connectivity index (χ0v) is 34.3. The van der Waals surface area contributed by atoms with Crippen molar-refractivity contribution in [2.24, 2.45) is 0 Å². The predicted octanol–water partition coefficient (Wildman–Crippen LogP) is -0.436. The zero-order chi connectivity index (χ0) is 36.7. The van der Waals surface area contributed by atoms with Gasteiger partial charge in [0.1, 0.15) is 10.1 Å². The van der Waals surface area contributed by atoms with Gasteiger partial charge in [0.2, 0.25) is 23.8 Å². The minimum atomic E-state index is -4.92. The van der Waals surface area contributed by atoms with Gasteiger partial charge in [-0.05, 0) is 47.6 Å². The minimum Gasteiger partial charge on any atom is -0.744 e. The van der Waals surface area contributed by atoms with E-state index < -0.39 is 15.0 Å². The van der Waals surface area contributed by atoms with Crippen LogP contribution in [-0.4, -0.2) is 67.4 Å². The molecule has 0 amide bonds. The molecule has 6 aromatic rings. The largest absolute Gasteiger partial charge is 1.00 e. The van der Waals surface area contributed by atoms with Crippen LogP contribution in [0.5, 0.6) is 0 Å². The molecular formula is C34H30N12Na2O5S. The van der Waals surface area contributed by atoms with Crippen LogP contribution in [0.4, 0.5) is 58.4 Å². The predicted molar refractivity (Wildman–Crippen MR) is 195 cm³/mol. The second-order valence-corrected chi connectivity index (χ2v) is 12.3. The molecule has 0 atom stereocenters. The SMILES string of the molecule is CN(O)c1nc(Nc2c[c-]c(/C=C/c3ccc(Nc4nc(Nc5ccccc5)nc(N(C)O)n4)cc3S(=O)(=O)[O-])cc2)nc(Nc2ccccc2)n1.[Na+].[Na+]. The maximum Gasteiger partial charge on any atom is 1.00 e. The van der Waals surface area contributed by atoms with Gasteiger partial charge in [0, 0.05) is 31.2 Å². The van der Waals surface area contributed by atoms with Crippen LogP contribution in [0.3, 0.4) is 0 Å². The molecule has 0 unspecified atom stereocenters. The van der Waals surface area contributed by atoms with E-state index in [2.05, 4.69) is 57.2 Å². The summed E-state index contributed by atoms with van der Waals surface area (Å²) in [6, 6.07) is 30.7. The van der Waals surface area contributed by atoms with E-state index in [1.165, 1.54) is 32.3 Å². The minimum absolute atomic E-state index is 0. The molecule has 20 heteroatoms. The molecule has 0 radical (unpaired) electrons. The number of para-hydroxylation sites is 2. The van der Waals surface area contributed by atoms with Crippen molar-refractivity contribution in [3.05, 3.63) is 114 Å². The van der Waals surface area contributed by atoms with Crippen molar-refractivity contribution in [1.82, 2.24) is 29.9 Å². The molecule has 2 heterocycles. The average molecular weight is 765 g/mol. The maximum absolute atomic E-state index is 12.3. The summed E-state index contributed by atoms with van der Waals surface area (Å²) in [5, 5.41) is 33.4. The Hall–Kier alpha value is -4.73. The molecule has 6 N–H and O–H groups in total. The molecule has 0 saturated heterocycles. The third kappa shape index (κ3) is 11.6. The molecule has 0 fully saturated rings. The first-order valence-corrected chi connectivity index (χ1v) is 16.7. The van der Waals surface area contributed by atoms with E-state index in [-0.39, 0.29) is 106 Å². The molecule has 0 spiro atoms. The van der Waals surface area contributed by atoms with Crippen LogP contribution in [0.25, 0.3) is 12.2 Å². The molecule has 0 aliphatic heterocycles. The second kappa shape index (κ2) is 19.0. The molecular weight excluding hydrogens is 734 g/mol. The number of nitrogens with one attached hydrogen (secondary N) is 4. The number of nitrogens with zero attached hydrogens (tertiary/aromatic N) is 8. The van der Waals surface area contributed by atoms with Gasteiger partial charge in [0.25, 0.3) is 11.9 Å². The van der Waals surface area contributed by atoms with Gasteiger partial charge in [-0.1, -0.05) is 48.5 Å². The summed E-state index contributed by atoms with van der Waals surface area (Å²) in [6.45, 7) is 0. The summed E-state index contributed by atoms with van der Waals surface area (Å²) < 4.78 is 37.0. The van der Waals surface area contributed by atoms with Gasteiger partial charge in [-0.15, -0.1) is 30.3 Å². The van der Waals surface area contributed by atoms with Gasteiger partial charge >= 0.3 is 59.1 Å². The van der Waals surface area contributed by atoms with Crippen molar-refractivity contribution in [2.45, 2.75) is 4.90 Å². The molecule has 2 aromatic heterocycles. The molecule has 0 aliphatic carbocycles. The van der Waals surface area contributed by atoms with Gasteiger partial charge in [-0.25, -0.2) is 18.5 Å². The van der Waals surface area contributed by atoms with Crippen LogP contribution in [-0.2, 0) is 10.1 Å². The summed E-state index contributed by atoms with van der Waals surface area (Å²) in [5.41, 5.74) is 2.90. The van der Waals surface area contributed by atoms with Crippen molar-refractivity contribution in [3.8, 4) is 0 Å². The Morgan fingerprint density at radius 2 is 1.06 bits per heavy atom. The summed E-state index contributed by atoms with van der Waals surface area (Å²) in [5.74, 6) is 0.352. The Balaban J connectivity index is 0.00000325. The Morgan fingerprint density at radius 3 is 1.48 bits per heavy atom. The van der Waals surface area contributed by atoms with E-state index in [0.717, 1.165) is 10.8 Å². The second-order valence-electron chi connectivity index (χ2n) is 10.9. The van der Waals surface area contributed by atoms with Gasteiger partial charge in [0.05, 0.1) is 4.90 Å². The van der Waals surface area contributed by atoms with Crippen molar-refractivity contribution < 1.29 is 82.5 Å². The molecule has 264 valence electrons. The third-order valence-corrected chi connectivity index (χ3v) is 7.85. The quantitative estimate of drug-likeness (QED) is 0.0288. The topological polar surface area (TPSA) is 230 Å². The van der Waals surface area contributed by atoms with Crippen LogP contribution in [0.15, 0.2) is 102 Å². The van der Waals surface area contributed by atoms with Crippen LogP contribution < -0.4 is 90.5 Å². The van der Waals surface area contributed by atoms with Crippen LogP contribution in [0.1, 0.15) is 11.1 Å². The fourth-order valence-electron chi connectivity index (χ4n) is 4.57. The molecule has 6 rings (SSSR count). The van der Waals surface area contributed by atoms with Gasteiger partial charge in [-0.3, -0.25) is 10.4 Å². The Morgan fingerprint density at radius 1 is 0.611 bits per heavy atom. The number of hydroxylamine groups is 2. The Labute approximate surface area is 354 Å². The van der Waals surface area contributed by atoms with Gasteiger partial charge in [-0.2, -0.15) is 35.5 Å². The standard InChI is InChI=1S/C34H31N12O5S.2Na/c1-45(47)33-41-29(35-24-9-5-3-6-10-24)39-31(43-33)37-26-18-14-22(15-19-26)13-16-23-17-20-27(21-28(23)52(49,50)51)38-32-40-30(42-34(44-32)46(2)48)36-25-11-7-4-8-12-25;;/h3-14,16-21,47-48H,1-2H3,(H,49,50,51)(H2,35,37,39,41,43)(H2,36,38,40,42,44);;/q-1;2*+1/p-1/b16-13+;;. The molecule has 0 aliphatic rings. The number of rotatable bonds is 13. The number of hydrogen-bond acceptors (Lipinski definition) is 17. The van der Waals surface area contributed by atoms with Crippen LogP contribution in [0, 0.1) is 6.07 Å². The fourth-order valence-corrected chi connectivity index (χ4v) is 5.26. The van der Waals surface area contributed by atoms with Gasteiger partial charge in [0.15, 0.2) is 0 Å². The summed E-state index contributed by atoms with van der Waals surface area (Å²) in [4.78, 5) is 24.9. The molecule has 54 heavy (non-hydrogen) atoms. The van der Waals surface area contributed by atoms with Crippen LogP contribution >= 0.6 is 0 Å². The monoisotopic (exact) mass is 764 g/mol. The van der Waals surface area contributed by atoms with Crippen molar-refractivity contribution in [1.29, 1.82) is 0 Å². The number of aromatic nitrogens is 6. The Kier molecular flexibility index (Phi) is 14.8. The van der Waals surface area contributed by atoms with Crippen molar-refractivity contribution in [2.75, 3.05) is 45.5 Å². The molecule has 0 bridgehead atoms. The summed E-state index contributed by atoms with van der Waals surface area (Å²) >= 11 is 0. The number of anilines is 10. The summed E-state index contributed by atoms with van der Waals surface area (Å²) in [6.07, 6.45) is 3.08. The zero-order valence-electron chi connectivity index (χ0n) is 29.5. The first kappa shape index (κ1) is 42.0. The Bertz CT molecular complexity index is 2310. The molecule has 17 nitrogen and oxygen atoms in total. The fraction of sp³-hybridized carbons (Fsp3) is 0.0588. The van der Waals surface area contributed by atoms with E-state index in [1.807, 2.05) is 48.5 Å².